The summed E-state index contributed by atoms with van der Waals surface area (Å²) >= 11 is 5.57. The van der Waals surface area contributed by atoms with Crippen LogP contribution in [-0.4, -0.2) is 36.4 Å². The largest absolute Gasteiger partial charge is 0.480 e. The number of carboxylic acid groups (broad SMARTS) is 1. The van der Waals surface area contributed by atoms with E-state index >= 15 is 0 Å². The lowest BCUT2D eigenvalue weighted by Crippen LogP contribution is -2.41. The van der Waals surface area contributed by atoms with E-state index in [0.717, 1.165) is 22.5 Å². The Bertz CT molecular complexity index is 605. The van der Waals surface area contributed by atoms with Gasteiger partial charge in [-0.1, -0.05) is 18.5 Å². The van der Waals surface area contributed by atoms with Gasteiger partial charge in [0.2, 0.25) is 10.0 Å². The Balaban J connectivity index is 3.28. The lowest BCUT2D eigenvalue weighted by Gasteiger charge is -2.26. The van der Waals surface area contributed by atoms with Crippen LogP contribution in [0.2, 0.25) is 5.02 Å². The monoisotopic (exact) mass is 323 g/mol. The van der Waals surface area contributed by atoms with E-state index in [1.807, 2.05) is 0 Å². The molecule has 0 spiro atoms. The number of sulfonamides is 1. The first-order valence-corrected chi connectivity index (χ1v) is 7.70. The first kappa shape index (κ1) is 16.9. The number of hydrogen-bond donors (Lipinski definition) is 1. The first-order chi connectivity index (χ1) is 9.20. The molecular weight excluding hydrogens is 309 g/mol. The molecule has 8 heteroatoms. The molecule has 20 heavy (non-hydrogen) atoms. The molecule has 0 fully saturated rings. The minimum atomic E-state index is -4.05. The number of aliphatic carboxylic acids is 1. The van der Waals surface area contributed by atoms with E-state index in [1.54, 1.807) is 13.8 Å². The summed E-state index contributed by atoms with van der Waals surface area (Å²) in [6, 6.07) is 2.47. The zero-order valence-corrected chi connectivity index (χ0v) is 12.6. The van der Waals surface area contributed by atoms with Gasteiger partial charge >= 0.3 is 5.97 Å². The van der Waals surface area contributed by atoms with Gasteiger partial charge in [-0.25, -0.2) is 12.8 Å². The van der Waals surface area contributed by atoms with Gasteiger partial charge in [0, 0.05) is 6.04 Å². The van der Waals surface area contributed by atoms with E-state index in [4.69, 9.17) is 16.7 Å². The Kier molecular flexibility index (Phi) is 5.50. The fraction of sp³-hybridized carbons (Fsp3) is 0.417. The van der Waals surface area contributed by atoms with E-state index in [0.29, 0.717) is 6.42 Å². The van der Waals surface area contributed by atoms with Crippen molar-refractivity contribution in [2.24, 2.45) is 0 Å². The highest BCUT2D eigenvalue weighted by molar-refractivity contribution is 7.89. The van der Waals surface area contributed by atoms with Crippen LogP contribution < -0.4 is 0 Å². The number of halogens is 2. The molecule has 1 atom stereocenters. The van der Waals surface area contributed by atoms with Crippen molar-refractivity contribution in [1.82, 2.24) is 4.31 Å². The van der Waals surface area contributed by atoms with Gasteiger partial charge in [-0.2, -0.15) is 4.31 Å². The van der Waals surface area contributed by atoms with Gasteiger partial charge in [0.1, 0.15) is 12.4 Å². The highest BCUT2D eigenvalue weighted by atomic mass is 35.5. The van der Waals surface area contributed by atoms with Crippen molar-refractivity contribution in [1.29, 1.82) is 0 Å². The third kappa shape index (κ3) is 3.68. The van der Waals surface area contributed by atoms with Crippen LogP contribution in [0.15, 0.2) is 23.1 Å². The maximum Gasteiger partial charge on any atom is 0.318 e. The summed E-state index contributed by atoms with van der Waals surface area (Å²) < 4.78 is 38.8. The maximum atomic E-state index is 13.1. The summed E-state index contributed by atoms with van der Waals surface area (Å²) in [6.07, 6.45) is 0.446. The van der Waals surface area contributed by atoms with E-state index in [1.165, 1.54) is 0 Å². The van der Waals surface area contributed by atoms with Crippen LogP contribution in [0.25, 0.3) is 0 Å². The third-order valence-corrected chi connectivity index (χ3v) is 5.12. The average molecular weight is 324 g/mol. The number of carbonyl (C=O) groups is 1. The van der Waals surface area contributed by atoms with Crippen molar-refractivity contribution in [2.75, 3.05) is 6.54 Å². The Morgan fingerprint density at radius 1 is 1.50 bits per heavy atom. The van der Waals surface area contributed by atoms with E-state index < -0.39 is 34.4 Å². The van der Waals surface area contributed by atoms with Crippen LogP contribution in [-0.2, 0) is 14.8 Å². The van der Waals surface area contributed by atoms with Crippen LogP contribution in [0, 0.1) is 5.82 Å². The van der Waals surface area contributed by atoms with Crippen LogP contribution in [0.5, 0.6) is 0 Å². The second-order valence-electron chi connectivity index (χ2n) is 4.28. The Labute approximate surface area is 122 Å². The van der Waals surface area contributed by atoms with E-state index in [9.17, 15) is 17.6 Å². The summed E-state index contributed by atoms with van der Waals surface area (Å²) in [5, 5.41) is 8.52. The predicted molar refractivity (Wildman–Crippen MR) is 72.7 cm³/mol. The molecule has 0 aromatic heterocycles. The highest BCUT2D eigenvalue weighted by Gasteiger charge is 2.30. The van der Waals surface area contributed by atoms with Gasteiger partial charge in [0.25, 0.3) is 0 Å². The molecule has 1 unspecified atom stereocenters. The Hall–Kier alpha value is -1.18. The summed E-state index contributed by atoms with van der Waals surface area (Å²) in [4.78, 5) is 10.6. The molecule has 0 aliphatic carbocycles. The molecule has 112 valence electrons. The van der Waals surface area contributed by atoms with E-state index in [2.05, 4.69) is 0 Å². The average Bonchev–Trinajstić information content (AvgIpc) is 2.37. The van der Waals surface area contributed by atoms with Crippen LogP contribution in [0.3, 0.4) is 0 Å². The minimum absolute atomic E-state index is 0.231. The van der Waals surface area contributed by atoms with Gasteiger partial charge in [-0.15, -0.1) is 0 Å². The highest BCUT2D eigenvalue weighted by Crippen LogP contribution is 2.24. The molecule has 0 radical (unpaired) electrons. The molecule has 0 saturated carbocycles. The second kappa shape index (κ2) is 6.51. The second-order valence-corrected chi connectivity index (χ2v) is 6.57. The molecule has 1 N–H and O–H groups in total. The van der Waals surface area contributed by atoms with Crippen molar-refractivity contribution in [3.05, 3.63) is 29.0 Å². The molecular formula is C12H15ClFNO4S. The van der Waals surface area contributed by atoms with Crippen molar-refractivity contribution < 1.29 is 22.7 Å². The van der Waals surface area contributed by atoms with Crippen molar-refractivity contribution >= 4 is 27.6 Å². The molecule has 0 amide bonds. The lowest BCUT2D eigenvalue weighted by molar-refractivity contribution is -0.137. The van der Waals surface area contributed by atoms with Crippen LogP contribution in [0.1, 0.15) is 20.3 Å². The lowest BCUT2D eigenvalue weighted by atomic mass is 10.2. The fourth-order valence-corrected chi connectivity index (χ4v) is 3.51. The molecule has 1 rings (SSSR count). The van der Waals surface area contributed by atoms with Crippen molar-refractivity contribution in [3.63, 3.8) is 0 Å². The number of benzene rings is 1. The zero-order valence-electron chi connectivity index (χ0n) is 11.0. The van der Waals surface area contributed by atoms with Gasteiger partial charge in [-0.05, 0) is 31.5 Å². The molecule has 0 saturated heterocycles. The third-order valence-electron chi connectivity index (χ3n) is 2.87. The first-order valence-electron chi connectivity index (χ1n) is 5.88. The molecule has 0 heterocycles. The molecule has 0 aliphatic heterocycles. The molecule has 1 aromatic carbocycles. The van der Waals surface area contributed by atoms with Crippen molar-refractivity contribution in [2.45, 2.75) is 31.2 Å². The van der Waals surface area contributed by atoms with Gasteiger partial charge in [0.05, 0.1) is 9.92 Å². The summed E-state index contributed by atoms with van der Waals surface area (Å²) in [7, 11) is -4.05. The zero-order chi connectivity index (χ0) is 15.5. The summed E-state index contributed by atoms with van der Waals surface area (Å²) in [6.45, 7) is 2.69. The van der Waals surface area contributed by atoms with Gasteiger partial charge in [0.15, 0.2) is 0 Å². The topological polar surface area (TPSA) is 74.7 Å². The Morgan fingerprint density at radius 2 is 2.10 bits per heavy atom. The predicted octanol–water partition coefficient (Wildman–Crippen LogP) is 2.35. The van der Waals surface area contributed by atoms with Crippen molar-refractivity contribution in [3.8, 4) is 0 Å². The number of carboxylic acids is 1. The molecule has 5 nitrogen and oxygen atoms in total. The maximum absolute atomic E-state index is 13.1. The number of rotatable bonds is 6. The Morgan fingerprint density at radius 3 is 2.55 bits per heavy atom. The van der Waals surface area contributed by atoms with E-state index in [-0.39, 0.29) is 9.92 Å². The summed E-state index contributed by atoms with van der Waals surface area (Å²) in [5.41, 5.74) is 0. The minimum Gasteiger partial charge on any atom is -0.480 e. The molecule has 0 aliphatic rings. The SMILES string of the molecule is CCC(C)N(CC(=O)O)S(=O)(=O)c1ccc(F)c(Cl)c1. The quantitative estimate of drug-likeness (QED) is 0.872. The van der Waals surface area contributed by atoms with Crippen LogP contribution in [0.4, 0.5) is 4.39 Å². The van der Waals surface area contributed by atoms with Gasteiger partial charge in [-0.3, -0.25) is 4.79 Å². The molecule has 0 bridgehead atoms. The number of nitrogens with zero attached hydrogens (tertiary/aromatic N) is 1. The van der Waals surface area contributed by atoms with Gasteiger partial charge < -0.3 is 5.11 Å². The van der Waals surface area contributed by atoms with Crippen LogP contribution >= 0.6 is 11.6 Å². The summed E-state index contributed by atoms with van der Waals surface area (Å²) in [5.74, 6) is -2.00. The normalized spacial score (nSPS) is 13.4. The standard InChI is InChI=1S/C12H15ClFNO4S/c1-3-8(2)15(7-12(16)17)20(18,19)9-4-5-11(14)10(13)6-9/h4-6,8H,3,7H2,1-2H3,(H,16,17). The smallest absolute Gasteiger partial charge is 0.318 e. The number of hydrogen-bond acceptors (Lipinski definition) is 3. The molecule has 1 aromatic rings. The fourth-order valence-electron chi connectivity index (χ4n) is 1.59.